The van der Waals surface area contributed by atoms with Gasteiger partial charge in [0.15, 0.2) is 6.04 Å². The van der Waals surface area contributed by atoms with Crippen molar-refractivity contribution < 1.29 is 19.1 Å². The molecular weight excluding hydrogens is 492 g/mol. The highest BCUT2D eigenvalue weighted by molar-refractivity contribution is 6.00. The Labute approximate surface area is 225 Å². The van der Waals surface area contributed by atoms with Crippen molar-refractivity contribution in [1.82, 2.24) is 20.6 Å². The van der Waals surface area contributed by atoms with Crippen LogP contribution in [0, 0.1) is 0 Å². The number of esters is 1. The highest BCUT2D eigenvalue weighted by atomic mass is 16.5. The summed E-state index contributed by atoms with van der Waals surface area (Å²) in [4.78, 5) is 47.5. The van der Waals surface area contributed by atoms with Gasteiger partial charge in [-0.05, 0) is 36.2 Å². The third kappa shape index (κ3) is 5.80. The Morgan fingerprint density at radius 1 is 0.923 bits per heavy atom. The lowest BCUT2D eigenvalue weighted by molar-refractivity contribution is -0.147. The van der Waals surface area contributed by atoms with Gasteiger partial charge in [0, 0.05) is 35.1 Å². The highest BCUT2D eigenvalue weighted by Crippen LogP contribution is 2.21. The summed E-state index contributed by atoms with van der Waals surface area (Å²) in [6.07, 6.45) is 3.52. The molecule has 2 amide bonds. The fourth-order valence-electron chi connectivity index (χ4n) is 4.56. The lowest BCUT2D eigenvalue weighted by Gasteiger charge is -2.23. The maximum Gasteiger partial charge on any atom is 0.333 e. The van der Waals surface area contributed by atoms with Crippen LogP contribution in [0.15, 0.2) is 97.3 Å². The Morgan fingerprint density at radius 3 is 2.49 bits per heavy atom. The Morgan fingerprint density at radius 2 is 1.67 bits per heavy atom. The van der Waals surface area contributed by atoms with Crippen LogP contribution in [0.4, 0.5) is 0 Å². The first kappa shape index (κ1) is 25.7. The van der Waals surface area contributed by atoms with E-state index in [2.05, 4.69) is 20.6 Å². The number of aromatic amines is 1. The average molecular weight is 521 g/mol. The summed E-state index contributed by atoms with van der Waals surface area (Å²) in [5.41, 5.74) is 3.46. The molecular formula is C31H28N4O4. The molecule has 39 heavy (non-hydrogen) atoms. The molecule has 196 valence electrons. The number of nitrogens with zero attached hydrogens (tertiary/aromatic N) is 1. The van der Waals surface area contributed by atoms with Crippen molar-refractivity contribution >= 4 is 39.6 Å². The number of amides is 2. The maximum atomic E-state index is 13.7. The predicted octanol–water partition coefficient (Wildman–Crippen LogP) is 4.48. The molecule has 0 aliphatic heterocycles. The summed E-state index contributed by atoms with van der Waals surface area (Å²) in [6, 6.07) is 23.8. The number of pyridine rings is 1. The highest BCUT2D eigenvalue weighted by Gasteiger charge is 2.30. The van der Waals surface area contributed by atoms with Gasteiger partial charge in [0.1, 0.15) is 6.04 Å². The van der Waals surface area contributed by atoms with Crippen molar-refractivity contribution in [3.8, 4) is 0 Å². The van der Waals surface area contributed by atoms with Crippen LogP contribution < -0.4 is 10.6 Å². The molecule has 0 aliphatic rings. The Bertz CT molecular complexity index is 1630. The number of aromatic nitrogens is 2. The molecule has 0 unspecified atom stereocenters. The van der Waals surface area contributed by atoms with E-state index in [4.69, 9.17) is 4.74 Å². The summed E-state index contributed by atoms with van der Waals surface area (Å²) < 4.78 is 5.24. The Hall–Kier alpha value is -4.98. The minimum Gasteiger partial charge on any atom is -0.464 e. The van der Waals surface area contributed by atoms with Crippen LogP contribution in [0.3, 0.4) is 0 Å². The molecule has 0 saturated carbocycles. The number of para-hydroxylation sites is 2. The number of nitrogens with one attached hydrogen (secondary N) is 3. The van der Waals surface area contributed by atoms with E-state index in [0.717, 1.165) is 27.4 Å². The number of hydrogen-bond donors (Lipinski definition) is 3. The zero-order valence-corrected chi connectivity index (χ0v) is 21.4. The number of fused-ring (bicyclic) bond motifs is 2. The predicted molar refractivity (Wildman–Crippen MR) is 149 cm³/mol. The van der Waals surface area contributed by atoms with Crippen LogP contribution in [0.2, 0.25) is 0 Å². The third-order valence-corrected chi connectivity index (χ3v) is 6.52. The minimum atomic E-state index is -1.02. The van der Waals surface area contributed by atoms with E-state index in [9.17, 15) is 14.4 Å². The number of H-pyrrole nitrogens is 1. The molecule has 0 bridgehead atoms. The van der Waals surface area contributed by atoms with E-state index in [1.54, 1.807) is 37.3 Å². The number of benzene rings is 3. The Balaban J connectivity index is 1.45. The van der Waals surface area contributed by atoms with Gasteiger partial charge in [0.25, 0.3) is 5.91 Å². The molecule has 3 N–H and O–H groups in total. The smallest absolute Gasteiger partial charge is 0.333 e. The van der Waals surface area contributed by atoms with E-state index in [-0.39, 0.29) is 13.0 Å². The lowest BCUT2D eigenvalue weighted by atomic mass is 10.0. The van der Waals surface area contributed by atoms with Gasteiger partial charge in [-0.2, -0.15) is 0 Å². The number of carbonyl (C=O) groups is 3. The molecule has 0 radical (unpaired) electrons. The van der Waals surface area contributed by atoms with E-state index >= 15 is 0 Å². The van der Waals surface area contributed by atoms with Crippen LogP contribution >= 0.6 is 0 Å². The first-order valence-electron chi connectivity index (χ1n) is 12.8. The molecule has 2 heterocycles. The fraction of sp³-hybridized carbons (Fsp3) is 0.161. The largest absolute Gasteiger partial charge is 0.464 e. The van der Waals surface area contributed by atoms with Crippen molar-refractivity contribution in [2.24, 2.45) is 0 Å². The summed E-state index contributed by atoms with van der Waals surface area (Å²) in [5.74, 6) is -1.53. The van der Waals surface area contributed by atoms with Gasteiger partial charge in [-0.3, -0.25) is 14.6 Å². The monoisotopic (exact) mass is 520 g/mol. The lowest BCUT2D eigenvalue weighted by Crippen LogP contribution is -2.50. The second-order valence-electron chi connectivity index (χ2n) is 9.11. The second kappa shape index (κ2) is 11.6. The first-order chi connectivity index (χ1) is 19.0. The van der Waals surface area contributed by atoms with Crippen molar-refractivity contribution in [2.75, 3.05) is 6.61 Å². The molecule has 0 fully saturated rings. The average Bonchev–Trinajstić information content (AvgIpc) is 3.38. The van der Waals surface area contributed by atoms with Crippen LogP contribution in [0.25, 0.3) is 21.8 Å². The van der Waals surface area contributed by atoms with Gasteiger partial charge >= 0.3 is 5.97 Å². The molecule has 3 aromatic carbocycles. The Kier molecular flexibility index (Phi) is 7.63. The van der Waals surface area contributed by atoms with Gasteiger partial charge < -0.3 is 20.4 Å². The molecule has 5 aromatic rings. The fourth-order valence-corrected chi connectivity index (χ4v) is 4.56. The molecule has 2 aromatic heterocycles. The van der Waals surface area contributed by atoms with Crippen LogP contribution in [-0.2, 0) is 20.7 Å². The van der Waals surface area contributed by atoms with E-state index in [1.807, 2.05) is 60.8 Å². The van der Waals surface area contributed by atoms with Crippen LogP contribution in [-0.4, -0.2) is 40.4 Å². The van der Waals surface area contributed by atoms with Crippen molar-refractivity contribution in [3.05, 3.63) is 114 Å². The third-order valence-electron chi connectivity index (χ3n) is 6.52. The number of hydrogen-bond acceptors (Lipinski definition) is 5. The zero-order valence-electron chi connectivity index (χ0n) is 21.4. The van der Waals surface area contributed by atoms with Gasteiger partial charge in [-0.25, -0.2) is 4.79 Å². The molecule has 0 aliphatic carbocycles. The second-order valence-corrected chi connectivity index (χ2v) is 9.11. The molecule has 0 spiro atoms. The normalized spacial score (nSPS) is 12.5. The SMILES string of the molecule is CCOC(=O)[C@H](NC(=O)[C@@H](Cc1c[nH]c2ccccc12)NC(=O)c1cnc2ccccc2c1)c1ccccc1. The quantitative estimate of drug-likeness (QED) is 0.248. The number of carbonyl (C=O) groups excluding carboxylic acids is 3. The summed E-state index contributed by atoms with van der Waals surface area (Å²) in [7, 11) is 0. The molecule has 2 atom stereocenters. The van der Waals surface area contributed by atoms with Gasteiger partial charge in [-0.1, -0.05) is 66.7 Å². The van der Waals surface area contributed by atoms with Crippen molar-refractivity contribution in [1.29, 1.82) is 0 Å². The minimum absolute atomic E-state index is 0.169. The van der Waals surface area contributed by atoms with E-state index in [1.165, 1.54) is 6.20 Å². The van der Waals surface area contributed by atoms with Gasteiger partial charge in [0.05, 0.1) is 17.7 Å². The standard InChI is InChI=1S/C31H28N4O4/c1-2-39-31(38)28(20-10-4-3-5-11-20)35-30(37)27(17-22-18-33-26-15-9-7-13-24(22)26)34-29(36)23-16-21-12-6-8-14-25(21)32-19-23/h3-16,18-19,27-28,33H,2,17H2,1H3,(H,34,36)(H,35,37)/t27-,28-/m1/s1. The van der Waals surface area contributed by atoms with Crippen LogP contribution in [0.5, 0.6) is 0 Å². The van der Waals surface area contributed by atoms with Crippen molar-refractivity contribution in [3.63, 3.8) is 0 Å². The van der Waals surface area contributed by atoms with Gasteiger partial charge in [0.2, 0.25) is 5.91 Å². The van der Waals surface area contributed by atoms with E-state index < -0.39 is 29.9 Å². The molecule has 5 rings (SSSR count). The summed E-state index contributed by atoms with van der Waals surface area (Å²) >= 11 is 0. The van der Waals surface area contributed by atoms with Crippen LogP contribution in [0.1, 0.15) is 34.5 Å². The first-order valence-corrected chi connectivity index (χ1v) is 12.8. The molecule has 0 saturated heterocycles. The molecule has 8 nitrogen and oxygen atoms in total. The number of rotatable bonds is 9. The maximum absolute atomic E-state index is 13.7. The van der Waals surface area contributed by atoms with Crippen molar-refractivity contribution in [2.45, 2.75) is 25.4 Å². The molecule has 8 heteroatoms. The number of ether oxygens (including phenoxy) is 1. The zero-order chi connectivity index (χ0) is 27.2. The topological polar surface area (TPSA) is 113 Å². The van der Waals surface area contributed by atoms with Gasteiger partial charge in [-0.15, -0.1) is 0 Å². The van der Waals surface area contributed by atoms with E-state index in [0.29, 0.717) is 11.1 Å². The summed E-state index contributed by atoms with van der Waals surface area (Å²) in [6.45, 7) is 1.88. The summed E-state index contributed by atoms with van der Waals surface area (Å²) in [5, 5.41) is 7.44.